The Balaban J connectivity index is 1.40. The van der Waals surface area contributed by atoms with E-state index in [0.29, 0.717) is 22.3 Å². The number of nitro benzene ring substituents is 1. The fraction of sp³-hybridized carbons (Fsp3) is 0.296. The molecule has 7 nitrogen and oxygen atoms in total. The van der Waals surface area contributed by atoms with Crippen molar-refractivity contribution in [3.8, 4) is 11.3 Å². The lowest BCUT2D eigenvalue weighted by molar-refractivity contribution is -0.384. The number of carbonyl (C=O) groups is 1. The van der Waals surface area contributed by atoms with Gasteiger partial charge in [-0.05, 0) is 55.2 Å². The number of hydrogen-bond donors (Lipinski definition) is 1. The Morgan fingerprint density at radius 2 is 1.80 bits per heavy atom. The number of nitro groups is 1. The molecular weight excluding hydrogens is 462 g/mol. The van der Waals surface area contributed by atoms with Gasteiger partial charge in [0.1, 0.15) is 11.5 Å². The highest BCUT2D eigenvalue weighted by Crippen LogP contribution is 2.42. The van der Waals surface area contributed by atoms with Crippen LogP contribution >= 0.6 is 11.8 Å². The molecule has 1 aliphatic carbocycles. The van der Waals surface area contributed by atoms with E-state index in [0.717, 1.165) is 30.5 Å². The van der Waals surface area contributed by atoms with E-state index in [1.54, 1.807) is 18.2 Å². The van der Waals surface area contributed by atoms with Crippen molar-refractivity contribution in [1.82, 2.24) is 4.90 Å². The van der Waals surface area contributed by atoms with Gasteiger partial charge < -0.3 is 14.6 Å². The summed E-state index contributed by atoms with van der Waals surface area (Å²) in [6.45, 7) is 2.24. The second-order valence-electron chi connectivity index (χ2n) is 9.04. The molecule has 5 rings (SSSR count). The quantitative estimate of drug-likeness (QED) is 0.234. The molecule has 1 aromatic heterocycles. The third kappa shape index (κ3) is 4.98. The number of furan rings is 1. The molecule has 1 aliphatic heterocycles. The summed E-state index contributed by atoms with van der Waals surface area (Å²) in [6, 6.07) is 20.0. The van der Waals surface area contributed by atoms with Crippen molar-refractivity contribution in [1.29, 1.82) is 0 Å². The van der Waals surface area contributed by atoms with E-state index in [1.165, 1.54) is 30.3 Å². The van der Waals surface area contributed by atoms with Gasteiger partial charge in [-0.25, -0.2) is 0 Å². The first-order valence-electron chi connectivity index (χ1n) is 11.9. The van der Waals surface area contributed by atoms with Crippen molar-refractivity contribution >= 4 is 35.1 Å². The number of thioether (sulfide) groups is 1. The summed E-state index contributed by atoms with van der Waals surface area (Å²) in [4.78, 5) is 26.8. The van der Waals surface area contributed by atoms with Crippen molar-refractivity contribution in [2.24, 2.45) is 5.92 Å². The van der Waals surface area contributed by atoms with Gasteiger partial charge in [0.2, 0.25) is 0 Å². The molecule has 8 heteroatoms. The van der Waals surface area contributed by atoms with Crippen LogP contribution in [0.25, 0.3) is 17.4 Å². The molecule has 35 heavy (non-hydrogen) atoms. The van der Waals surface area contributed by atoms with E-state index < -0.39 is 4.92 Å². The summed E-state index contributed by atoms with van der Waals surface area (Å²) in [5, 5.41) is 14.5. The monoisotopic (exact) mass is 489 g/mol. The number of carbonyl (C=O) groups excluding carboxylic acids is 1. The average molecular weight is 490 g/mol. The number of nitrogens with zero attached hydrogens (tertiary/aromatic N) is 2. The first-order chi connectivity index (χ1) is 17.0. The molecule has 3 atom stereocenters. The molecule has 180 valence electrons. The van der Waals surface area contributed by atoms with E-state index in [2.05, 4.69) is 12.2 Å². The van der Waals surface area contributed by atoms with Gasteiger partial charge in [-0.1, -0.05) is 49.7 Å². The number of hydrogen-bond acceptors (Lipinski definition) is 6. The Morgan fingerprint density at radius 3 is 2.51 bits per heavy atom. The number of anilines is 1. The topological polar surface area (TPSA) is 88.6 Å². The number of para-hydroxylation sites is 1. The number of non-ortho nitro benzene ring substituents is 1. The van der Waals surface area contributed by atoms with E-state index in [9.17, 15) is 14.9 Å². The van der Waals surface area contributed by atoms with Gasteiger partial charge in [0.15, 0.2) is 5.50 Å². The maximum Gasteiger partial charge on any atom is 0.269 e. The Labute approximate surface area is 208 Å². The zero-order valence-corrected chi connectivity index (χ0v) is 20.2. The molecule has 3 aromatic rings. The zero-order valence-electron chi connectivity index (χ0n) is 19.4. The Bertz CT molecular complexity index is 1240. The minimum absolute atomic E-state index is 0.0236. The van der Waals surface area contributed by atoms with Crippen LogP contribution in [-0.4, -0.2) is 27.3 Å². The van der Waals surface area contributed by atoms with Gasteiger partial charge in [0.25, 0.3) is 11.6 Å². The smallest absolute Gasteiger partial charge is 0.269 e. The van der Waals surface area contributed by atoms with E-state index in [4.69, 9.17) is 4.42 Å². The largest absolute Gasteiger partial charge is 0.457 e. The van der Waals surface area contributed by atoms with Crippen molar-refractivity contribution < 1.29 is 14.1 Å². The molecule has 1 N–H and O–H groups in total. The Morgan fingerprint density at radius 1 is 1.06 bits per heavy atom. The minimum Gasteiger partial charge on any atom is -0.457 e. The van der Waals surface area contributed by atoms with Crippen LogP contribution in [0.2, 0.25) is 0 Å². The van der Waals surface area contributed by atoms with Crippen LogP contribution in [0.1, 0.15) is 38.4 Å². The normalized spacial score (nSPS) is 23.6. The van der Waals surface area contributed by atoms with E-state index in [1.807, 2.05) is 47.4 Å². The molecule has 2 aromatic carbocycles. The lowest BCUT2D eigenvalue weighted by Crippen LogP contribution is -2.48. The molecule has 0 bridgehead atoms. The summed E-state index contributed by atoms with van der Waals surface area (Å²) >= 11 is 1.51. The van der Waals surface area contributed by atoms with Gasteiger partial charge in [-0.15, -0.1) is 0 Å². The van der Waals surface area contributed by atoms with Crippen LogP contribution in [0.15, 0.2) is 76.1 Å². The summed E-state index contributed by atoms with van der Waals surface area (Å²) < 4.78 is 5.98. The number of nitrogens with one attached hydrogen (secondary N) is 1. The van der Waals surface area contributed by atoms with Gasteiger partial charge in [0, 0.05) is 35.5 Å². The average Bonchev–Trinajstić information content (AvgIpc) is 3.45. The Kier molecular flexibility index (Phi) is 6.63. The molecule has 2 heterocycles. The predicted molar refractivity (Wildman–Crippen MR) is 138 cm³/mol. The second kappa shape index (κ2) is 10.00. The summed E-state index contributed by atoms with van der Waals surface area (Å²) in [6.07, 6.45) is 6.29. The first kappa shape index (κ1) is 23.2. The predicted octanol–water partition coefficient (Wildman–Crippen LogP) is 6.75. The first-order valence-corrected chi connectivity index (χ1v) is 12.7. The lowest BCUT2D eigenvalue weighted by Gasteiger charge is -2.39. The van der Waals surface area contributed by atoms with Gasteiger partial charge in [0.05, 0.1) is 9.83 Å². The maximum atomic E-state index is 13.6. The second-order valence-corrected chi connectivity index (χ2v) is 10.2. The van der Waals surface area contributed by atoms with Crippen molar-refractivity contribution in [2.45, 2.75) is 44.1 Å². The van der Waals surface area contributed by atoms with Crippen LogP contribution in [0, 0.1) is 16.0 Å². The van der Waals surface area contributed by atoms with Crippen molar-refractivity contribution in [3.05, 3.63) is 87.5 Å². The molecule has 0 spiro atoms. The highest BCUT2D eigenvalue weighted by atomic mass is 32.2. The molecule has 1 saturated carbocycles. The molecule has 1 amide bonds. The number of rotatable bonds is 6. The molecule has 0 radical (unpaired) electrons. The van der Waals surface area contributed by atoms with Gasteiger partial charge in [-0.2, -0.15) is 0 Å². The summed E-state index contributed by atoms with van der Waals surface area (Å²) in [5.74, 6) is 1.64. The molecule has 2 fully saturated rings. The summed E-state index contributed by atoms with van der Waals surface area (Å²) in [7, 11) is 0. The van der Waals surface area contributed by atoms with Crippen LogP contribution < -0.4 is 5.32 Å². The minimum atomic E-state index is -0.427. The van der Waals surface area contributed by atoms with Crippen LogP contribution in [0.3, 0.4) is 0 Å². The third-order valence-electron chi connectivity index (χ3n) is 6.69. The highest BCUT2D eigenvalue weighted by Gasteiger charge is 2.43. The third-order valence-corrected chi connectivity index (χ3v) is 7.80. The van der Waals surface area contributed by atoms with Gasteiger partial charge >= 0.3 is 0 Å². The lowest BCUT2D eigenvalue weighted by atomic mass is 9.85. The SMILES string of the molecule is C[C@@H]1CCCC[C@H]1N1C(=O)/C(=C/c2ccc(-c3ccc([N+](=O)[O-])cc3)o2)SC1Nc1ccccc1. The maximum absolute atomic E-state index is 13.6. The van der Waals surface area contributed by atoms with Gasteiger partial charge in [-0.3, -0.25) is 14.9 Å². The molecule has 1 unspecified atom stereocenters. The molecule has 1 saturated heterocycles. The standard InChI is InChI=1S/C27H27N3O4S/c1-18-7-5-6-10-23(18)29-26(31)25(35-27(29)28-20-8-3-2-4-9-20)17-22-15-16-24(34-22)19-11-13-21(14-12-19)30(32)33/h2-4,8-9,11-18,23,27-28H,5-7,10H2,1H3/b25-17-/t18-,23-,27?/m1/s1. The highest BCUT2D eigenvalue weighted by molar-refractivity contribution is 8.05. The van der Waals surface area contributed by atoms with Crippen LogP contribution in [0.4, 0.5) is 11.4 Å². The fourth-order valence-corrected chi connectivity index (χ4v) is 6.02. The number of benzene rings is 2. The molecular formula is C27H27N3O4S. The van der Waals surface area contributed by atoms with Crippen LogP contribution in [-0.2, 0) is 4.79 Å². The van der Waals surface area contributed by atoms with Crippen molar-refractivity contribution in [2.75, 3.05) is 5.32 Å². The van der Waals surface area contributed by atoms with E-state index in [-0.39, 0.29) is 23.1 Å². The molecule has 2 aliphatic rings. The van der Waals surface area contributed by atoms with E-state index >= 15 is 0 Å². The fourth-order valence-electron chi connectivity index (χ4n) is 4.83. The zero-order chi connectivity index (χ0) is 24.4. The summed E-state index contributed by atoms with van der Waals surface area (Å²) in [5.41, 5.74) is 1.56. The van der Waals surface area contributed by atoms with Crippen LogP contribution in [0.5, 0.6) is 0 Å². The van der Waals surface area contributed by atoms with Crippen molar-refractivity contribution in [3.63, 3.8) is 0 Å². The number of amides is 1. The Hall–Kier alpha value is -3.52.